The lowest BCUT2D eigenvalue weighted by Crippen LogP contribution is -2.27. The second-order valence-corrected chi connectivity index (χ2v) is 9.96. The zero-order chi connectivity index (χ0) is 31.2. The molecular weight excluding hydrogens is 562 g/mol. The van der Waals surface area contributed by atoms with Crippen molar-refractivity contribution in [3.63, 3.8) is 0 Å². The standard InChI is InChI=1S/C29H31F4N3O6/c1-17(2)26-24(12-11-21(37)14-22(38)15-25(39)40)36(20-9-7-19(30)8-10-20)34-27(26)28(41)35(3)16-18-5-4-6-23(13-18)42-29(31,32)33/h4-13,17,21-22,37-38H,14-16H2,1-3H3,(H,39,40). The fourth-order valence-electron chi connectivity index (χ4n) is 4.32. The molecule has 0 saturated heterocycles. The number of ether oxygens (including phenoxy) is 1. The van der Waals surface area contributed by atoms with Crippen LogP contribution in [0.1, 0.15) is 59.9 Å². The van der Waals surface area contributed by atoms with Gasteiger partial charge in [0.15, 0.2) is 5.69 Å². The number of hydrogen-bond donors (Lipinski definition) is 3. The van der Waals surface area contributed by atoms with Gasteiger partial charge in [0.1, 0.15) is 11.6 Å². The Bertz CT molecular complexity index is 1420. The minimum atomic E-state index is -4.87. The molecule has 3 N–H and O–H groups in total. The number of alkyl halides is 3. The SMILES string of the molecule is CC(C)c1c(C(=O)N(C)Cc2cccc(OC(F)(F)F)c2)nn(-c2ccc(F)cc2)c1C=CC(O)CC(O)CC(=O)O. The van der Waals surface area contributed by atoms with E-state index in [1.807, 2.05) is 13.8 Å². The van der Waals surface area contributed by atoms with Crippen molar-refractivity contribution in [2.75, 3.05) is 7.05 Å². The molecule has 0 saturated carbocycles. The lowest BCUT2D eigenvalue weighted by molar-refractivity contribution is -0.274. The molecule has 0 radical (unpaired) electrons. The van der Waals surface area contributed by atoms with E-state index in [9.17, 15) is 37.4 Å². The predicted octanol–water partition coefficient (Wildman–Crippen LogP) is 4.91. The number of amides is 1. The van der Waals surface area contributed by atoms with Crippen molar-refractivity contribution in [1.29, 1.82) is 0 Å². The van der Waals surface area contributed by atoms with Gasteiger partial charge in [-0.3, -0.25) is 9.59 Å². The number of carboxylic acids is 1. The second-order valence-electron chi connectivity index (χ2n) is 9.96. The Morgan fingerprint density at radius 1 is 1.12 bits per heavy atom. The number of rotatable bonds is 12. The highest BCUT2D eigenvalue weighted by atomic mass is 19.4. The molecule has 0 spiro atoms. The highest BCUT2D eigenvalue weighted by molar-refractivity contribution is 5.95. The molecule has 2 aromatic carbocycles. The van der Waals surface area contributed by atoms with E-state index in [4.69, 9.17) is 5.11 Å². The smallest absolute Gasteiger partial charge is 0.481 e. The summed E-state index contributed by atoms with van der Waals surface area (Å²) in [5.41, 5.74) is 1.65. The molecule has 0 aliphatic heterocycles. The van der Waals surface area contributed by atoms with E-state index in [-0.39, 0.29) is 24.6 Å². The van der Waals surface area contributed by atoms with Gasteiger partial charge in [-0.2, -0.15) is 5.10 Å². The fourth-order valence-corrected chi connectivity index (χ4v) is 4.32. The lowest BCUT2D eigenvalue weighted by atomic mass is 9.98. The highest BCUT2D eigenvalue weighted by Gasteiger charge is 2.31. The molecule has 0 fully saturated rings. The normalized spacial score (nSPS) is 13.4. The Morgan fingerprint density at radius 3 is 2.38 bits per heavy atom. The summed E-state index contributed by atoms with van der Waals surface area (Å²) in [5.74, 6) is -2.98. The molecule has 2 atom stereocenters. The highest BCUT2D eigenvalue weighted by Crippen LogP contribution is 2.30. The first-order valence-electron chi connectivity index (χ1n) is 12.9. The second kappa shape index (κ2) is 13.6. The first-order valence-corrected chi connectivity index (χ1v) is 12.9. The zero-order valence-corrected chi connectivity index (χ0v) is 23.0. The van der Waals surface area contributed by atoms with Crippen molar-refractivity contribution < 1.29 is 47.2 Å². The van der Waals surface area contributed by atoms with Crippen LogP contribution in [0.2, 0.25) is 0 Å². The topological polar surface area (TPSA) is 125 Å². The monoisotopic (exact) mass is 593 g/mol. The van der Waals surface area contributed by atoms with E-state index in [0.29, 0.717) is 22.5 Å². The first kappa shape index (κ1) is 32.3. The van der Waals surface area contributed by atoms with Gasteiger partial charge in [0.2, 0.25) is 0 Å². The van der Waals surface area contributed by atoms with Crippen molar-refractivity contribution in [2.24, 2.45) is 0 Å². The van der Waals surface area contributed by atoms with Crippen molar-refractivity contribution in [1.82, 2.24) is 14.7 Å². The van der Waals surface area contributed by atoms with Crippen LogP contribution >= 0.6 is 0 Å². The van der Waals surface area contributed by atoms with Crippen molar-refractivity contribution in [2.45, 2.75) is 57.7 Å². The van der Waals surface area contributed by atoms with Crippen LogP contribution in [0.15, 0.2) is 54.6 Å². The Hall–Kier alpha value is -4.23. The van der Waals surface area contributed by atoms with E-state index in [0.717, 1.165) is 6.07 Å². The number of aromatic nitrogens is 2. The largest absolute Gasteiger partial charge is 0.573 e. The number of halogens is 4. The van der Waals surface area contributed by atoms with Crippen LogP contribution in [0.4, 0.5) is 17.6 Å². The fraction of sp³-hybridized carbons (Fsp3) is 0.345. The van der Waals surface area contributed by atoms with E-state index >= 15 is 0 Å². The van der Waals surface area contributed by atoms with Crippen molar-refractivity contribution >= 4 is 18.0 Å². The minimum Gasteiger partial charge on any atom is -0.481 e. The van der Waals surface area contributed by atoms with Gasteiger partial charge in [0, 0.05) is 25.6 Å². The number of benzene rings is 2. The molecule has 2 unspecified atom stereocenters. The van der Waals surface area contributed by atoms with Crippen LogP contribution in [-0.4, -0.2) is 67.5 Å². The summed E-state index contributed by atoms with van der Waals surface area (Å²) < 4.78 is 57.0. The molecule has 0 aliphatic rings. The molecule has 9 nitrogen and oxygen atoms in total. The molecule has 1 aromatic heterocycles. The molecule has 0 aliphatic carbocycles. The van der Waals surface area contributed by atoms with Crippen LogP contribution in [0.5, 0.6) is 5.75 Å². The summed E-state index contributed by atoms with van der Waals surface area (Å²) in [6, 6.07) is 10.5. The maximum atomic E-state index is 13.7. The van der Waals surface area contributed by atoms with Crippen molar-refractivity contribution in [3.05, 3.63) is 82.9 Å². The third-order valence-electron chi connectivity index (χ3n) is 6.11. The minimum absolute atomic E-state index is 0.0274. The van der Waals surface area contributed by atoms with Crippen LogP contribution in [0.25, 0.3) is 11.8 Å². The predicted molar refractivity (Wildman–Crippen MR) is 144 cm³/mol. The van der Waals surface area contributed by atoms with Gasteiger partial charge in [-0.1, -0.05) is 32.1 Å². The van der Waals surface area contributed by atoms with E-state index in [1.165, 1.54) is 65.2 Å². The average molecular weight is 594 g/mol. The lowest BCUT2D eigenvalue weighted by Gasteiger charge is -2.18. The maximum Gasteiger partial charge on any atom is 0.573 e. The maximum absolute atomic E-state index is 13.7. The summed E-state index contributed by atoms with van der Waals surface area (Å²) in [6.45, 7) is 3.55. The van der Waals surface area contributed by atoms with Gasteiger partial charge >= 0.3 is 12.3 Å². The van der Waals surface area contributed by atoms with Gasteiger partial charge < -0.3 is 25.0 Å². The number of aliphatic hydroxyl groups excluding tert-OH is 2. The van der Waals surface area contributed by atoms with Gasteiger partial charge in [-0.15, -0.1) is 13.2 Å². The third kappa shape index (κ3) is 8.88. The molecule has 1 amide bonds. The van der Waals surface area contributed by atoms with Crippen LogP contribution in [0, 0.1) is 5.82 Å². The molecule has 3 rings (SSSR count). The quantitative estimate of drug-likeness (QED) is 0.255. The Kier molecular flexibility index (Phi) is 10.5. The molecular formula is C29H31F4N3O6. The Balaban J connectivity index is 1.99. The summed E-state index contributed by atoms with van der Waals surface area (Å²) in [6.07, 6.45) is -5.38. The van der Waals surface area contributed by atoms with Gasteiger partial charge in [0.05, 0.1) is 30.0 Å². The van der Waals surface area contributed by atoms with Gasteiger partial charge in [0.25, 0.3) is 5.91 Å². The van der Waals surface area contributed by atoms with E-state index < -0.39 is 48.4 Å². The van der Waals surface area contributed by atoms with E-state index in [1.54, 1.807) is 6.07 Å². The third-order valence-corrected chi connectivity index (χ3v) is 6.11. The number of carbonyl (C=O) groups excluding carboxylic acids is 1. The van der Waals surface area contributed by atoms with Crippen LogP contribution in [0.3, 0.4) is 0 Å². The molecule has 13 heteroatoms. The number of nitrogens with zero attached hydrogens (tertiary/aromatic N) is 3. The Labute approximate surface area is 239 Å². The zero-order valence-electron chi connectivity index (χ0n) is 23.0. The molecule has 226 valence electrons. The summed E-state index contributed by atoms with van der Waals surface area (Å²) in [4.78, 5) is 25.8. The number of aliphatic carboxylic acids is 1. The first-order chi connectivity index (χ1) is 19.6. The number of aliphatic hydroxyl groups is 2. The van der Waals surface area contributed by atoms with E-state index in [2.05, 4.69) is 9.84 Å². The van der Waals surface area contributed by atoms with Crippen molar-refractivity contribution in [3.8, 4) is 11.4 Å². The molecule has 1 heterocycles. The summed E-state index contributed by atoms with van der Waals surface area (Å²) in [5, 5.41) is 33.6. The van der Waals surface area contributed by atoms with Gasteiger partial charge in [-0.05, 0) is 54.0 Å². The average Bonchev–Trinajstić information content (AvgIpc) is 3.25. The summed E-state index contributed by atoms with van der Waals surface area (Å²) in [7, 11) is 1.46. The number of carboxylic acid groups (broad SMARTS) is 1. The molecule has 0 bridgehead atoms. The number of hydrogen-bond acceptors (Lipinski definition) is 6. The molecule has 42 heavy (non-hydrogen) atoms. The molecule has 3 aromatic rings. The number of carbonyl (C=O) groups is 2. The summed E-state index contributed by atoms with van der Waals surface area (Å²) >= 11 is 0. The van der Waals surface area contributed by atoms with Crippen LogP contribution < -0.4 is 4.74 Å². The van der Waals surface area contributed by atoms with Gasteiger partial charge in [-0.25, -0.2) is 9.07 Å². The van der Waals surface area contributed by atoms with Crippen LogP contribution in [-0.2, 0) is 11.3 Å². The Morgan fingerprint density at radius 2 is 1.79 bits per heavy atom.